The molecule has 0 aliphatic carbocycles. The van der Waals surface area contributed by atoms with E-state index in [1.807, 2.05) is 18.2 Å². The molecule has 1 aromatic heterocycles. The number of anilines is 1. The second-order valence-electron chi connectivity index (χ2n) is 4.98. The highest BCUT2D eigenvalue weighted by Gasteiger charge is 2.17. The van der Waals surface area contributed by atoms with Crippen molar-refractivity contribution >= 4 is 28.3 Å². The lowest BCUT2D eigenvalue weighted by atomic mass is 10.2. The molecule has 0 saturated carbocycles. The maximum atomic E-state index is 6.05. The van der Waals surface area contributed by atoms with Gasteiger partial charge in [-0.2, -0.15) is 4.98 Å². The first-order chi connectivity index (χ1) is 9.24. The van der Waals surface area contributed by atoms with Crippen LogP contribution in [0.4, 0.5) is 5.82 Å². The number of para-hydroxylation sites is 1. The van der Waals surface area contributed by atoms with Crippen LogP contribution in [0.3, 0.4) is 0 Å². The minimum Gasteiger partial charge on any atom is -0.355 e. The molecule has 0 bridgehead atoms. The molecule has 5 heteroatoms. The fourth-order valence-electron chi connectivity index (χ4n) is 2.53. The molecule has 1 saturated heterocycles. The van der Waals surface area contributed by atoms with Crippen LogP contribution in [0.2, 0.25) is 5.28 Å². The molecule has 3 rings (SSSR count). The van der Waals surface area contributed by atoms with Crippen LogP contribution in [0, 0.1) is 0 Å². The first-order valence-corrected chi connectivity index (χ1v) is 6.97. The normalized spacial score (nSPS) is 17.7. The summed E-state index contributed by atoms with van der Waals surface area (Å²) in [6, 6.07) is 8.05. The van der Waals surface area contributed by atoms with Crippen LogP contribution >= 0.6 is 11.6 Å². The number of aromatic nitrogens is 2. The molecule has 0 amide bonds. The highest BCUT2D eigenvalue weighted by Crippen LogP contribution is 2.25. The monoisotopic (exact) mass is 276 g/mol. The predicted octanol–water partition coefficient (Wildman–Crippen LogP) is 2.43. The van der Waals surface area contributed by atoms with Crippen LogP contribution in [-0.2, 0) is 0 Å². The van der Waals surface area contributed by atoms with Crippen LogP contribution < -0.4 is 4.90 Å². The van der Waals surface area contributed by atoms with E-state index in [4.69, 9.17) is 11.6 Å². The maximum Gasteiger partial charge on any atom is 0.224 e. The zero-order valence-electron chi connectivity index (χ0n) is 11.0. The third-order valence-corrected chi connectivity index (χ3v) is 3.74. The van der Waals surface area contributed by atoms with Crippen molar-refractivity contribution in [2.75, 3.05) is 38.1 Å². The van der Waals surface area contributed by atoms with Crippen molar-refractivity contribution in [1.82, 2.24) is 14.9 Å². The van der Waals surface area contributed by atoms with E-state index in [1.165, 1.54) is 0 Å². The van der Waals surface area contributed by atoms with Crippen molar-refractivity contribution < 1.29 is 0 Å². The largest absolute Gasteiger partial charge is 0.355 e. The summed E-state index contributed by atoms with van der Waals surface area (Å²) in [4.78, 5) is 13.4. The van der Waals surface area contributed by atoms with Gasteiger partial charge in [0.05, 0.1) is 5.52 Å². The summed E-state index contributed by atoms with van der Waals surface area (Å²) in [5, 5.41) is 1.41. The van der Waals surface area contributed by atoms with Gasteiger partial charge in [0.2, 0.25) is 5.28 Å². The van der Waals surface area contributed by atoms with Crippen LogP contribution in [-0.4, -0.2) is 48.1 Å². The van der Waals surface area contributed by atoms with Crippen molar-refractivity contribution in [3.63, 3.8) is 0 Å². The van der Waals surface area contributed by atoms with Gasteiger partial charge in [-0.05, 0) is 43.7 Å². The van der Waals surface area contributed by atoms with Crippen LogP contribution in [0.15, 0.2) is 24.3 Å². The standard InChI is InChI=1S/C14H17ClN4/c1-18-7-4-8-19(10-9-18)13-11-5-2-3-6-12(11)16-14(15)17-13/h2-3,5-6H,4,7-10H2,1H3. The lowest BCUT2D eigenvalue weighted by Crippen LogP contribution is -2.29. The highest BCUT2D eigenvalue weighted by atomic mass is 35.5. The summed E-state index contributed by atoms with van der Waals surface area (Å²) >= 11 is 6.05. The summed E-state index contributed by atoms with van der Waals surface area (Å²) < 4.78 is 0. The zero-order chi connectivity index (χ0) is 13.2. The van der Waals surface area contributed by atoms with Gasteiger partial charge in [-0.15, -0.1) is 0 Å². The maximum absolute atomic E-state index is 6.05. The van der Waals surface area contributed by atoms with E-state index < -0.39 is 0 Å². The fourth-order valence-corrected chi connectivity index (χ4v) is 2.70. The Labute approximate surface area is 118 Å². The number of nitrogens with zero attached hydrogens (tertiary/aromatic N) is 4. The van der Waals surface area contributed by atoms with E-state index >= 15 is 0 Å². The molecule has 4 nitrogen and oxygen atoms in total. The Morgan fingerprint density at radius 2 is 1.89 bits per heavy atom. The Bertz CT molecular complexity index is 587. The van der Waals surface area contributed by atoms with Crippen LogP contribution in [0.1, 0.15) is 6.42 Å². The lowest BCUT2D eigenvalue weighted by molar-refractivity contribution is 0.360. The van der Waals surface area contributed by atoms with Gasteiger partial charge in [0.1, 0.15) is 5.82 Å². The van der Waals surface area contributed by atoms with Crippen LogP contribution in [0.25, 0.3) is 10.9 Å². The third-order valence-electron chi connectivity index (χ3n) is 3.57. The van der Waals surface area contributed by atoms with Gasteiger partial charge >= 0.3 is 0 Å². The molecule has 1 aliphatic heterocycles. The molecule has 0 N–H and O–H groups in total. The Morgan fingerprint density at radius 3 is 2.79 bits per heavy atom. The van der Waals surface area contributed by atoms with Gasteiger partial charge in [0.15, 0.2) is 0 Å². The topological polar surface area (TPSA) is 32.3 Å². The molecule has 100 valence electrons. The summed E-state index contributed by atoms with van der Waals surface area (Å²) in [7, 11) is 2.16. The van der Waals surface area contributed by atoms with Crippen molar-refractivity contribution in [1.29, 1.82) is 0 Å². The van der Waals surface area contributed by atoms with Gasteiger partial charge in [-0.3, -0.25) is 0 Å². The van der Waals surface area contributed by atoms with E-state index in [9.17, 15) is 0 Å². The van der Waals surface area contributed by atoms with Crippen LogP contribution in [0.5, 0.6) is 0 Å². The van der Waals surface area contributed by atoms with E-state index in [0.717, 1.165) is 49.3 Å². The average Bonchev–Trinajstić information content (AvgIpc) is 2.62. The second kappa shape index (κ2) is 5.31. The number of hydrogen-bond acceptors (Lipinski definition) is 4. The molecule has 0 spiro atoms. The minimum atomic E-state index is 0.325. The van der Waals surface area contributed by atoms with Gasteiger partial charge in [-0.1, -0.05) is 12.1 Å². The van der Waals surface area contributed by atoms with Crippen molar-refractivity contribution in [2.45, 2.75) is 6.42 Å². The summed E-state index contributed by atoms with van der Waals surface area (Å²) in [5.41, 5.74) is 0.912. The number of halogens is 1. The highest BCUT2D eigenvalue weighted by molar-refractivity contribution is 6.28. The van der Waals surface area contributed by atoms with E-state index in [-0.39, 0.29) is 0 Å². The summed E-state index contributed by atoms with van der Waals surface area (Å²) in [6.45, 7) is 4.18. The average molecular weight is 277 g/mol. The summed E-state index contributed by atoms with van der Waals surface area (Å²) in [6.07, 6.45) is 1.15. The molecule has 2 aromatic rings. The lowest BCUT2D eigenvalue weighted by Gasteiger charge is -2.23. The van der Waals surface area contributed by atoms with E-state index in [0.29, 0.717) is 5.28 Å². The van der Waals surface area contributed by atoms with Crippen molar-refractivity contribution in [3.05, 3.63) is 29.5 Å². The van der Waals surface area contributed by atoms with Gasteiger partial charge in [0.25, 0.3) is 0 Å². The molecule has 0 atom stereocenters. The number of fused-ring (bicyclic) bond motifs is 1. The molecule has 19 heavy (non-hydrogen) atoms. The number of hydrogen-bond donors (Lipinski definition) is 0. The molecule has 0 radical (unpaired) electrons. The zero-order valence-corrected chi connectivity index (χ0v) is 11.8. The number of rotatable bonds is 1. The number of benzene rings is 1. The molecular weight excluding hydrogens is 260 g/mol. The van der Waals surface area contributed by atoms with Crippen molar-refractivity contribution in [2.24, 2.45) is 0 Å². The number of likely N-dealkylation sites (N-methyl/N-ethyl adjacent to an activating group) is 1. The Morgan fingerprint density at radius 1 is 1.05 bits per heavy atom. The SMILES string of the molecule is CN1CCCN(c2nc(Cl)nc3ccccc23)CC1. The minimum absolute atomic E-state index is 0.325. The molecular formula is C14H17ClN4. The Hall–Kier alpha value is -1.39. The third kappa shape index (κ3) is 2.65. The van der Waals surface area contributed by atoms with E-state index in [2.05, 4.69) is 32.9 Å². The second-order valence-corrected chi connectivity index (χ2v) is 5.32. The molecule has 0 unspecified atom stereocenters. The predicted molar refractivity (Wildman–Crippen MR) is 78.9 cm³/mol. The molecule has 2 heterocycles. The fraction of sp³-hybridized carbons (Fsp3) is 0.429. The van der Waals surface area contributed by atoms with E-state index in [1.54, 1.807) is 0 Å². The first kappa shape index (κ1) is 12.6. The Kier molecular flexibility index (Phi) is 3.53. The van der Waals surface area contributed by atoms with Gasteiger partial charge in [0, 0.05) is 25.0 Å². The van der Waals surface area contributed by atoms with Gasteiger partial charge in [-0.25, -0.2) is 4.98 Å². The molecule has 1 fully saturated rings. The quantitative estimate of drug-likeness (QED) is 0.749. The summed E-state index contributed by atoms with van der Waals surface area (Å²) in [5.74, 6) is 0.964. The molecule has 1 aromatic carbocycles. The Balaban J connectivity index is 2.03. The first-order valence-electron chi connectivity index (χ1n) is 6.60. The molecule has 1 aliphatic rings. The van der Waals surface area contributed by atoms with Crippen molar-refractivity contribution in [3.8, 4) is 0 Å². The van der Waals surface area contributed by atoms with Gasteiger partial charge < -0.3 is 9.80 Å². The smallest absolute Gasteiger partial charge is 0.224 e.